The van der Waals surface area contributed by atoms with E-state index in [-0.39, 0.29) is 5.02 Å². The fraction of sp³-hybridized carbons (Fsp3) is 0. The summed E-state index contributed by atoms with van der Waals surface area (Å²) in [4.78, 5) is 4.03. The molecule has 0 saturated heterocycles. The first-order valence-corrected chi connectivity index (χ1v) is 5.38. The van der Waals surface area contributed by atoms with E-state index in [1.807, 2.05) is 6.07 Å². The first kappa shape index (κ1) is 11.8. The van der Waals surface area contributed by atoms with Crippen LogP contribution in [0, 0.1) is 17.1 Å². The van der Waals surface area contributed by atoms with Gasteiger partial charge in [-0.3, -0.25) is 4.98 Å². The summed E-state index contributed by atoms with van der Waals surface area (Å²) in [5.41, 5.74) is 1.36. The summed E-state index contributed by atoms with van der Waals surface area (Å²) in [6.45, 7) is 0. The molecule has 84 valence electrons. The van der Waals surface area contributed by atoms with E-state index >= 15 is 0 Å². The Hall–Kier alpha value is -1.63. The Kier molecular flexibility index (Phi) is 3.28. The fourth-order valence-electron chi connectivity index (χ4n) is 1.34. The topological polar surface area (TPSA) is 36.7 Å². The van der Waals surface area contributed by atoms with Crippen molar-refractivity contribution in [2.45, 2.75) is 0 Å². The SMILES string of the molecule is N#Cc1ccc(-c2cc(F)c(Cl)cc2Cl)nc1. The van der Waals surface area contributed by atoms with Gasteiger partial charge in [0.2, 0.25) is 0 Å². The molecule has 1 aromatic carbocycles. The number of nitrogens with zero attached hydrogens (tertiary/aromatic N) is 2. The summed E-state index contributed by atoms with van der Waals surface area (Å²) < 4.78 is 13.3. The van der Waals surface area contributed by atoms with Crippen molar-refractivity contribution in [1.82, 2.24) is 4.98 Å². The van der Waals surface area contributed by atoms with Gasteiger partial charge in [0.05, 0.1) is 21.3 Å². The lowest BCUT2D eigenvalue weighted by Crippen LogP contribution is -1.88. The quantitative estimate of drug-likeness (QED) is 0.730. The lowest BCUT2D eigenvalue weighted by Gasteiger charge is -2.05. The Morgan fingerprint density at radius 3 is 2.53 bits per heavy atom. The van der Waals surface area contributed by atoms with Crippen molar-refractivity contribution >= 4 is 23.2 Å². The molecule has 2 rings (SSSR count). The lowest BCUT2D eigenvalue weighted by atomic mass is 10.1. The Morgan fingerprint density at radius 2 is 1.94 bits per heavy atom. The minimum Gasteiger partial charge on any atom is -0.255 e. The molecule has 0 aliphatic heterocycles. The maximum absolute atomic E-state index is 13.3. The summed E-state index contributed by atoms with van der Waals surface area (Å²) in [5, 5.41) is 8.92. The van der Waals surface area contributed by atoms with Gasteiger partial charge in [0, 0.05) is 11.8 Å². The summed E-state index contributed by atoms with van der Waals surface area (Å²) in [6.07, 6.45) is 1.40. The molecular formula is C12H5Cl2FN2. The molecular weight excluding hydrogens is 262 g/mol. The molecule has 0 aliphatic rings. The average molecular weight is 267 g/mol. The zero-order valence-electron chi connectivity index (χ0n) is 8.42. The van der Waals surface area contributed by atoms with Crippen LogP contribution in [0.25, 0.3) is 11.3 Å². The van der Waals surface area contributed by atoms with Gasteiger partial charge in [-0.25, -0.2) is 4.39 Å². The van der Waals surface area contributed by atoms with Gasteiger partial charge >= 0.3 is 0 Å². The molecule has 0 saturated carbocycles. The number of hydrogen-bond donors (Lipinski definition) is 0. The van der Waals surface area contributed by atoms with Crippen LogP contribution in [0.4, 0.5) is 4.39 Å². The Balaban J connectivity index is 2.53. The number of benzene rings is 1. The number of rotatable bonds is 1. The Labute approximate surface area is 107 Å². The van der Waals surface area contributed by atoms with Crippen molar-refractivity contribution in [3.63, 3.8) is 0 Å². The van der Waals surface area contributed by atoms with E-state index in [2.05, 4.69) is 4.98 Å². The Morgan fingerprint density at radius 1 is 1.18 bits per heavy atom. The zero-order chi connectivity index (χ0) is 12.4. The van der Waals surface area contributed by atoms with Gasteiger partial charge in [-0.1, -0.05) is 23.2 Å². The van der Waals surface area contributed by atoms with E-state index in [0.29, 0.717) is 21.8 Å². The van der Waals surface area contributed by atoms with Gasteiger partial charge in [0.25, 0.3) is 0 Å². The van der Waals surface area contributed by atoms with Crippen LogP contribution >= 0.6 is 23.2 Å². The maximum Gasteiger partial charge on any atom is 0.142 e. The second-order valence-electron chi connectivity index (χ2n) is 3.29. The minimum atomic E-state index is -0.558. The van der Waals surface area contributed by atoms with Gasteiger partial charge in [-0.2, -0.15) is 5.26 Å². The third kappa shape index (κ3) is 2.38. The molecule has 0 bridgehead atoms. The highest BCUT2D eigenvalue weighted by atomic mass is 35.5. The standard InChI is InChI=1S/C12H5Cl2FN2/c13-9-4-10(14)11(15)3-8(9)12-2-1-7(5-16)6-17-12/h1-4,6H. The molecule has 0 atom stereocenters. The highest BCUT2D eigenvalue weighted by Gasteiger charge is 2.10. The third-order valence-electron chi connectivity index (χ3n) is 2.18. The van der Waals surface area contributed by atoms with Crippen LogP contribution < -0.4 is 0 Å². The Bertz CT molecular complexity index is 603. The number of aromatic nitrogens is 1. The molecule has 1 aromatic heterocycles. The molecule has 5 heteroatoms. The lowest BCUT2D eigenvalue weighted by molar-refractivity contribution is 0.628. The summed E-state index contributed by atoms with van der Waals surface area (Å²) in [5.74, 6) is -0.558. The molecule has 0 unspecified atom stereocenters. The molecule has 0 fully saturated rings. The molecule has 17 heavy (non-hydrogen) atoms. The summed E-state index contributed by atoms with van der Waals surface area (Å²) >= 11 is 11.6. The van der Waals surface area contributed by atoms with Crippen LogP contribution in [-0.4, -0.2) is 4.98 Å². The largest absolute Gasteiger partial charge is 0.255 e. The molecule has 0 aliphatic carbocycles. The van der Waals surface area contributed by atoms with Crippen molar-refractivity contribution in [3.05, 3.63) is 51.9 Å². The van der Waals surface area contributed by atoms with Gasteiger partial charge in [0.1, 0.15) is 11.9 Å². The second kappa shape index (κ2) is 4.70. The molecule has 0 amide bonds. The van der Waals surface area contributed by atoms with E-state index in [4.69, 9.17) is 28.5 Å². The number of halogens is 3. The molecule has 0 spiro atoms. The van der Waals surface area contributed by atoms with Crippen LogP contribution in [0.3, 0.4) is 0 Å². The van der Waals surface area contributed by atoms with Gasteiger partial charge in [-0.15, -0.1) is 0 Å². The molecule has 0 radical (unpaired) electrons. The molecule has 0 N–H and O–H groups in total. The van der Waals surface area contributed by atoms with Crippen molar-refractivity contribution in [1.29, 1.82) is 5.26 Å². The van der Waals surface area contributed by atoms with Crippen molar-refractivity contribution in [2.75, 3.05) is 0 Å². The van der Waals surface area contributed by atoms with E-state index in [1.54, 1.807) is 12.1 Å². The summed E-state index contributed by atoms with van der Waals surface area (Å²) in [6, 6.07) is 7.69. The van der Waals surface area contributed by atoms with Crippen molar-refractivity contribution in [3.8, 4) is 17.3 Å². The van der Waals surface area contributed by atoms with E-state index in [1.165, 1.54) is 18.3 Å². The minimum absolute atomic E-state index is 0.0348. The third-order valence-corrected chi connectivity index (χ3v) is 2.78. The normalized spacial score (nSPS) is 10.0. The second-order valence-corrected chi connectivity index (χ2v) is 4.10. The van der Waals surface area contributed by atoms with Gasteiger partial charge in [-0.05, 0) is 24.3 Å². The molecule has 2 nitrogen and oxygen atoms in total. The van der Waals surface area contributed by atoms with Crippen LogP contribution in [0.5, 0.6) is 0 Å². The highest BCUT2D eigenvalue weighted by Crippen LogP contribution is 2.31. The van der Waals surface area contributed by atoms with E-state index in [0.717, 1.165) is 0 Å². The van der Waals surface area contributed by atoms with Crippen molar-refractivity contribution in [2.24, 2.45) is 0 Å². The zero-order valence-corrected chi connectivity index (χ0v) is 9.93. The van der Waals surface area contributed by atoms with Crippen LogP contribution in [0.2, 0.25) is 10.0 Å². The fourth-order valence-corrected chi connectivity index (χ4v) is 1.82. The molecule has 2 aromatic rings. The van der Waals surface area contributed by atoms with Crippen LogP contribution in [-0.2, 0) is 0 Å². The van der Waals surface area contributed by atoms with Gasteiger partial charge < -0.3 is 0 Å². The number of nitriles is 1. The predicted molar refractivity (Wildman–Crippen MR) is 64.4 cm³/mol. The van der Waals surface area contributed by atoms with Gasteiger partial charge in [0.15, 0.2) is 0 Å². The summed E-state index contributed by atoms with van der Waals surface area (Å²) in [7, 11) is 0. The monoisotopic (exact) mass is 266 g/mol. The van der Waals surface area contributed by atoms with E-state index < -0.39 is 5.82 Å². The average Bonchev–Trinajstić information content (AvgIpc) is 2.34. The first-order chi connectivity index (χ1) is 8.11. The highest BCUT2D eigenvalue weighted by molar-refractivity contribution is 6.36. The van der Waals surface area contributed by atoms with Crippen LogP contribution in [0.1, 0.15) is 5.56 Å². The number of hydrogen-bond acceptors (Lipinski definition) is 2. The van der Waals surface area contributed by atoms with Crippen molar-refractivity contribution < 1.29 is 4.39 Å². The molecule has 1 heterocycles. The number of pyridine rings is 1. The van der Waals surface area contributed by atoms with E-state index in [9.17, 15) is 4.39 Å². The van der Waals surface area contributed by atoms with Crippen LogP contribution in [0.15, 0.2) is 30.5 Å². The predicted octanol–water partition coefficient (Wildman–Crippen LogP) is 4.07. The first-order valence-electron chi connectivity index (χ1n) is 4.63. The maximum atomic E-state index is 13.3. The smallest absolute Gasteiger partial charge is 0.142 e.